The van der Waals surface area contributed by atoms with Crippen LogP contribution >= 0.6 is 0 Å². The van der Waals surface area contributed by atoms with Gasteiger partial charge in [0.2, 0.25) is 0 Å². The van der Waals surface area contributed by atoms with E-state index in [0.29, 0.717) is 18.2 Å². The Balaban J connectivity index is 2.90. The Morgan fingerprint density at radius 3 is 2.07 bits per heavy atom. The van der Waals surface area contributed by atoms with E-state index in [0.717, 1.165) is 0 Å². The largest absolute Gasteiger partial charge is 0.458 e. The van der Waals surface area contributed by atoms with Gasteiger partial charge in [-0.05, 0) is 6.08 Å². The summed E-state index contributed by atoms with van der Waals surface area (Å²) < 4.78 is 72.9. The molecule has 1 aliphatic rings. The Hall–Kier alpha value is -0.940. The number of rotatable bonds is 1. The van der Waals surface area contributed by atoms with Crippen LogP contribution in [-0.2, 0) is 0 Å². The summed E-state index contributed by atoms with van der Waals surface area (Å²) in [7, 11) is 0. The number of halogens is 6. The minimum absolute atomic E-state index is 0.447. The molecule has 0 aromatic carbocycles. The van der Waals surface area contributed by atoms with Gasteiger partial charge in [-0.25, -0.2) is 4.39 Å². The maximum atomic E-state index is 12.6. The standard InChI is InChI=1S/C8H6F6/c9-6-3-1-5(2-4-6)7(10,11)8(12,13)14/h1-3,6H,4H2. The fourth-order valence-corrected chi connectivity index (χ4v) is 0.991. The third-order valence-corrected chi connectivity index (χ3v) is 1.77. The van der Waals surface area contributed by atoms with Gasteiger partial charge in [0.1, 0.15) is 6.17 Å². The smallest absolute Gasteiger partial charge is 0.243 e. The van der Waals surface area contributed by atoms with Crippen molar-refractivity contribution in [3.05, 3.63) is 23.8 Å². The van der Waals surface area contributed by atoms with Crippen LogP contribution in [0.15, 0.2) is 23.8 Å². The highest BCUT2D eigenvalue weighted by atomic mass is 19.4. The van der Waals surface area contributed by atoms with E-state index in [-0.39, 0.29) is 0 Å². The average Bonchev–Trinajstić information content (AvgIpc) is 2.03. The molecule has 1 aliphatic carbocycles. The van der Waals surface area contributed by atoms with Crippen LogP contribution in [0, 0.1) is 0 Å². The summed E-state index contributed by atoms with van der Waals surface area (Å²) in [5.41, 5.74) is -1.20. The molecule has 0 saturated carbocycles. The van der Waals surface area contributed by atoms with E-state index in [1.165, 1.54) is 0 Å². The highest BCUT2D eigenvalue weighted by Gasteiger charge is 2.59. The molecular formula is C8H6F6. The van der Waals surface area contributed by atoms with Crippen molar-refractivity contribution in [1.29, 1.82) is 0 Å². The molecule has 0 aromatic heterocycles. The molecule has 1 atom stereocenters. The van der Waals surface area contributed by atoms with Gasteiger partial charge in [0.25, 0.3) is 0 Å². The van der Waals surface area contributed by atoms with Gasteiger partial charge in [-0.2, -0.15) is 22.0 Å². The minimum atomic E-state index is -5.63. The molecule has 0 aliphatic heterocycles. The summed E-state index contributed by atoms with van der Waals surface area (Å²) in [6, 6.07) is 0. The van der Waals surface area contributed by atoms with Crippen LogP contribution in [0.5, 0.6) is 0 Å². The summed E-state index contributed by atoms with van der Waals surface area (Å²) in [6.45, 7) is 0. The van der Waals surface area contributed by atoms with Gasteiger partial charge in [0.05, 0.1) is 0 Å². The Labute approximate surface area is 75.9 Å². The molecular weight excluding hydrogens is 210 g/mol. The summed E-state index contributed by atoms with van der Waals surface area (Å²) in [5.74, 6) is -4.90. The van der Waals surface area contributed by atoms with Gasteiger partial charge in [0, 0.05) is 12.0 Å². The molecule has 0 amide bonds. The molecule has 0 N–H and O–H groups in total. The molecule has 0 heterocycles. The zero-order valence-corrected chi connectivity index (χ0v) is 6.78. The van der Waals surface area contributed by atoms with E-state index in [1.807, 2.05) is 0 Å². The normalized spacial score (nSPS) is 23.6. The van der Waals surface area contributed by atoms with Crippen LogP contribution in [0.2, 0.25) is 0 Å². The molecule has 1 unspecified atom stereocenters. The van der Waals surface area contributed by atoms with Crippen LogP contribution in [0.25, 0.3) is 0 Å². The first kappa shape index (κ1) is 11.1. The molecule has 0 aromatic rings. The molecule has 0 radical (unpaired) electrons. The van der Waals surface area contributed by atoms with Crippen molar-refractivity contribution in [2.45, 2.75) is 24.7 Å². The fourth-order valence-electron chi connectivity index (χ4n) is 0.991. The van der Waals surface area contributed by atoms with E-state index in [1.54, 1.807) is 0 Å². The van der Waals surface area contributed by atoms with Crippen molar-refractivity contribution in [2.75, 3.05) is 0 Å². The lowest BCUT2D eigenvalue weighted by Gasteiger charge is -2.22. The van der Waals surface area contributed by atoms with Crippen molar-refractivity contribution >= 4 is 0 Å². The first-order chi connectivity index (χ1) is 6.25. The van der Waals surface area contributed by atoms with E-state index in [2.05, 4.69) is 0 Å². The molecule has 0 fully saturated rings. The highest BCUT2D eigenvalue weighted by Crippen LogP contribution is 2.42. The van der Waals surface area contributed by atoms with Gasteiger partial charge >= 0.3 is 12.1 Å². The second-order valence-corrected chi connectivity index (χ2v) is 2.84. The number of hydrogen-bond donors (Lipinski definition) is 0. The van der Waals surface area contributed by atoms with Crippen molar-refractivity contribution in [3.8, 4) is 0 Å². The first-order valence-electron chi connectivity index (χ1n) is 3.72. The maximum absolute atomic E-state index is 12.6. The molecule has 0 saturated heterocycles. The van der Waals surface area contributed by atoms with Gasteiger partial charge in [-0.15, -0.1) is 0 Å². The first-order valence-corrected chi connectivity index (χ1v) is 3.72. The topological polar surface area (TPSA) is 0 Å². The summed E-state index contributed by atoms with van der Waals surface area (Å²) >= 11 is 0. The summed E-state index contributed by atoms with van der Waals surface area (Å²) in [5, 5.41) is 0. The van der Waals surface area contributed by atoms with Crippen LogP contribution in [0.3, 0.4) is 0 Å². The molecule has 0 spiro atoms. The van der Waals surface area contributed by atoms with E-state index in [4.69, 9.17) is 0 Å². The summed E-state index contributed by atoms with van der Waals surface area (Å²) in [4.78, 5) is 0. The second kappa shape index (κ2) is 3.33. The highest BCUT2D eigenvalue weighted by molar-refractivity contribution is 5.32. The molecule has 1 rings (SSSR count). The SMILES string of the molecule is FC1C=CC(C(F)(F)C(F)(F)F)=CC1. The van der Waals surface area contributed by atoms with E-state index < -0.39 is 30.3 Å². The fraction of sp³-hybridized carbons (Fsp3) is 0.500. The third kappa shape index (κ3) is 1.93. The lowest BCUT2D eigenvalue weighted by molar-refractivity contribution is -0.263. The Morgan fingerprint density at radius 1 is 1.14 bits per heavy atom. The molecule has 14 heavy (non-hydrogen) atoms. The Kier molecular flexibility index (Phi) is 2.65. The van der Waals surface area contributed by atoms with E-state index >= 15 is 0 Å². The summed E-state index contributed by atoms with van der Waals surface area (Å²) in [6.07, 6.45) is -5.83. The molecule has 80 valence electrons. The van der Waals surface area contributed by atoms with Gasteiger partial charge < -0.3 is 0 Å². The second-order valence-electron chi connectivity index (χ2n) is 2.84. The Bertz CT molecular complexity index is 272. The van der Waals surface area contributed by atoms with Crippen LogP contribution in [0.1, 0.15) is 6.42 Å². The van der Waals surface area contributed by atoms with Crippen molar-refractivity contribution in [3.63, 3.8) is 0 Å². The molecule has 0 nitrogen and oxygen atoms in total. The van der Waals surface area contributed by atoms with Crippen LogP contribution in [0.4, 0.5) is 26.3 Å². The minimum Gasteiger partial charge on any atom is -0.243 e. The number of alkyl halides is 6. The zero-order chi connectivity index (χ0) is 11.0. The maximum Gasteiger partial charge on any atom is 0.458 e. The Morgan fingerprint density at radius 2 is 1.71 bits per heavy atom. The predicted molar refractivity (Wildman–Crippen MR) is 37.7 cm³/mol. The predicted octanol–water partition coefficient (Wildman–Crippen LogP) is 3.41. The quantitative estimate of drug-likeness (QED) is 0.589. The zero-order valence-electron chi connectivity index (χ0n) is 6.78. The third-order valence-electron chi connectivity index (χ3n) is 1.77. The lowest BCUT2D eigenvalue weighted by atomic mass is 10.0. The van der Waals surface area contributed by atoms with E-state index in [9.17, 15) is 26.3 Å². The lowest BCUT2D eigenvalue weighted by Crippen LogP contribution is -2.38. The average molecular weight is 216 g/mol. The van der Waals surface area contributed by atoms with Gasteiger partial charge in [-0.1, -0.05) is 12.2 Å². The molecule has 6 heteroatoms. The van der Waals surface area contributed by atoms with Crippen molar-refractivity contribution < 1.29 is 26.3 Å². The monoisotopic (exact) mass is 216 g/mol. The van der Waals surface area contributed by atoms with Gasteiger partial charge in [0.15, 0.2) is 0 Å². The molecule has 0 bridgehead atoms. The van der Waals surface area contributed by atoms with Crippen molar-refractivity contribution in [2.24, 2.45) is 0 Å². The number of allylic oxidation sites excluding steroid dienone is 4. The van der Waals surface area contributed by atoms with Crippen LogP contribution in [-0.4, -0.2) is 18.3 Å². The van der Waals surface area contributed by atoms with Crippen molar-refractivity contribution in [1.82, 2.24) is 0 Å². The van der Waals surface area contributed by atoms with Gasteiger partial charge in [-0.3, -0.25) is 0 Å². The number of hydrogen-bond acceptors (Lipinski definition) is 0. The van der Waals surface area contributed by atoms with Crippen LogP contribution < -0.4 is 0 Å².